The second kappa shape index (κ2) is 8.19. The second-order valence-electron chi connectivity index (χ2n) is 11.2. The molecular formula is C27H30FN7O2. The summed E-state index contributed by atoms with van der Waals surface area (Å²) in [6, 6.07) is 9.00. The Balaban J connectivity index is 1.46. The lowest BCUT2D eigenvalue weighted by Crippen LogP contribution is -2.38. The van der Waals surface area contributed by atoms with Crippen LogP contribution >= 0.6 is 0 Å². The third-order valence-electron chi connectivity index (χ3n) is 7.12. The van der Waals surface area contributed by atoms with Crippen molar-refractivity contribution < 1.29 is 9.50 Å². The first-order valence-corrected chi connectivity index (χ1v) is 12.5. The predicted molar refractivity (Wildman–Crippen MR) is 139 cm³/mol. The molecule has 1 aliphatic carbocycles. The molecule has 1 saturated carbocycles. The molecule has 10 heteroatoms. The van der Waals surface area contributed by atoms with Gasteiger partial charge in [-0.25, -0.2) is 23.7 Å². The van der Waals surface area contributed by atoms with Crippen LogP contribution in [0.5, 0.6) is 0 Å². The number of aliphatic hydroxyl groups is 1. The van der Waals surface area contributed by atoms with Gasteiger partial charge in [0.2, 0.25) is 5.95 Å². The van der Waals surface area contributed by atoms with Crippen LogP contribution in [0, 0.1) is 5.82 Å². The maximum Gasteiger partial charge on any atom is 0.278 e. The molecule has 0 unspecified atom stereocenters. The number of anilines is 2. The third kappa shape index (κ3) is 4.10. The van der Waals surface area contributed by atoms with E-state index in [2.05, 4.69) is 46.6 Å². The van der Waals surface area contributed by atoms with Gasteiger partial charge in [0.1, 0.15) is 22.5 Å². The molecule has 4 heterocycles. The summed E-state index contributed by atoms with van der Waals surface area (Å²) in [7, 11) is 0. The Morgan fingerprint density at radius 3 is 2.70 bits per heavy atom. The molecule has 0 amide bonds. The zero-order valence-corrected chi connectivity index (χ0v) is 21.3. The Hall–Kier alpha value is -3.63. The van der Waals surface area contributed by atoms with Crippen LogP contribution in [0.3, 0.4) is 0 Å². The number of nitrogens with zero attached hydrogens (tertiary/aromatic N) is 5. The highest BCUT2D eigenvalue weighted by molar-refractivity contribution is 5.77. The van der Waals surface area contributed by atoms with Crippen molar-refractivity contribution in [1.29, 1.82) is 0 Å². The summed E-state index contributed by atoms with van der Waals surface area (Å²) < 4.78 is 17.7. The van der Waals surface area contributed by atoms with E-state index in [9.17, 15) is 14.3 Å². The number of halogens is 1. The Kier molecular flexibility index (Phi) is 5.26. The molecule has 1 aromatic carbocycles. The second-order valence-corrected chi connectivity index (χ2v) is 11.2. The molecule has 192 valence electrons. The van der Waals surface area contributed by atoms with Crippen LogP contribution in [0.15, 0.2) is 41.3 Å². The number of nitrogens with one attached hydrogen (secondary N) is 2. The minimum absolute atomic E-state index is 0.00653. The highest BCUT2D eigenvalue weighted by Gasteiger charge is 2.32. The molecule has 0 atom stereocenters. The smallest absolute Gasteiger partial charge is 0.278 e. The van der Waals surface area contributed by atoms with Gasteiger partial charge < -0.3 is 15.7 Å². The fourth-order valence-corrected chi connectivity index (χ4v) is 5.12. The topological polar surface area (TPSA) is 110 Å². The number of pyridine rings is 1. The maximum absolute atomic E-state index is 14.5. The van der Waals surface area contributed by atoms with Crippen molar-refractivity contribution in [2.45, 2.75) is 64.1 Å². The van der Waals surface area contributed by atoms with Crippen molar-refractivity contribution in [1.82, 2.24) is 29.6 Å². The van der Waals surface area contributed by atoms with Crippen molar-refractivity contribution in [3.05, 3.63) is 69.5 Å². The van der Waals surface area contributed by atoms with E-state index in [1.807, 2.05) is 6.07 Å². The Morgan fingerprint density at radius 2 is 1.97 bits per heavy atom. The summed E-state index contributed by atoms with van der Waals surface area (Å²) in [6.45, 7) is 9.11. The highest BCUT2D eigenvalue weighted by atomic mass is 19.1. The maximum atomic E-state index is 14.5. The lowest BCUT2D eigenvalue weighted by molar-refractivity contribution is 0.0694. The average molecular weight is 504 g/mol. The third-order valence-corrected chi connectivity index (χ3v) is 7.12. The van der Waals surface area contributed by atoms with Crippen molar-refractivity contribution in [2.24, 2.45) is 0 Å². The standard InChI is InChI=1S/C27H30FN7O2/c1-26(2)14-29-12-15-11-16(5-8-19(15)26)31-25-30-13-18-23(33-25)35(34(24(18)36)17-6-7-17)21-10-9-20(28)22(32-21)27(3,4)37/h5,8-11,13,17,29,37H,6-7,12,14H2,1-4H3,(H,30,31,33). The first kappa shape index (κ1) is 23.7. The molecule has 0 radical (unpaired) electrons. The van der Waals surface area contributed by atoms with Crippen molar-refractivity contribution >= 4 is 22.7 Å². The zero-order chi connectivity index (χ0) is 26.1. The van der Waals surface area contributed by atoms with Crippen LogP contribution < -0.4 is 16.2 Å². The van der Waals surface area contributed by atoms with Gasteiger partial charge in [-0.3, -0.25) is 4.79 Å². The van der Waals surface area contributed by atoms with Gasteiger partial charge >= 0.3 is 0 Å². The van der Waals surface area contributed by atoms with Crippen LogP contribution in [-0.4, -0.2) is 36.0 Å². The molecule has 0 saturated heterocycles. The number of benzene rings is 1. The Morgan fingerprint density at radius 1 is 1.19 bits per heavy atom. The van der Waals surface area contributed by atoms with E-state index in [0.29, 0.717) is 22.8 Å². The van der Waals surface area contributed by atoms with E-state index >= 15 is 0 Å². The number of rotatable bonds is 5. The first-order chi connectivity index (χ1) is 17.5. The summed E-state index contributed by atoms with van der Waals surface area (Å²) in [5.74, 6) is 0.0290. The minimum atomic E-state index is -1.49. The average Bonchev–Trinajstić information content (AvgIpc) is 3.62. The number of aromatic nitrogens is 5. The van der Waals surface area contributed by atoms with E-state index in [4.69, 9.17) is 4.98 Å². The van der Waals surface area contributed by atoms with Crippen molar-refractivity contribution in [3.63, 3.8) is 0 Å². The minimum Gasteiger partial charge on any atom is -0.384 e. The Labute approximate surface area is 213 Å². The zero-order valence-electron chi connectivity index (χ0n) is 21.3. The predicted octanol–water partition coefficient (Wildman–Crippen LogP) is 3.80. The molecule has 9 nitrogen and oxygen atoms in total. The molecule has 1 fully saturated rings. The van der Waals surface area contributed by atoms with Gasteiger partial charge in [0.15, 0.2) is 11.5 Å². The summed E-state index contributed by atoms with van der Waals surface area (Å²) >= 11 is 0. The fraction of sp³-hybridized carbons (Fsp3) is 0.407. The number of fused-ring (bicyclic) bond motifs is 2. The molecule has 3 aromatic heterocycles. The molecule has 1 aliphatic heterocycles. The molecule has 4 aromatic rings. The van der Waals surface area contributed by atoms with E-state index in [1.54, 1.807) is 9.36 Å². The van der Waals surface area contributed by atoms with E-state index in [1.165, 1.54) is 43.3 Å². The molecule has 37 heavy (non-hydrogen) atoms. The summed E-state index contributed by atoms with van der Waals surface area (Å²) in [6.07, 6.45) is 3.23. The van der Waals surface area contributed by atoms with Gasteiger partial charge in [0.25, 0.3) is 5.56 Å². The number of hydrogen-bond donors (Lipinski definition) is 3. The van der Waals surface area contributed by atoms with Gasteiger partial charge in [-0.05, 0) is 62.1 Å². The van der Waals surface area contributed by atoms with E-state index in [-0.39, 0.29) is 22.7 Å². The normalized spacial score (nSPS) is 17.1. The quantitative estimate of drug-likeness (QED) is 0.380. The Bertz CT molecular complexity index is 1600. The van der Waals surface area contributed by atoms with Crippen LogP contribution in [0.1, 0.15) is 63.4 Å². The van der Waals surface area contributed by atoms with Crippen molar-refractivity contribution in [2.75, 3.05) is 11.9 Å². The summed E-state index contributed by atoms with van der Waals surface area (Å²) in [5.41, 5.74) is 1.98. The molecule has 3 N–H and O–H groups in total. The van der Waals surface area contributed by atoms with Gasteiger partial charge in [-0.1, -0.05) is 19.9 Å². The SMILES string of the molecule is CC(C)(O)c1nc(-n2c3nc(Nc4ccc5c(c4)CNCC5(C)C)ncc3c(=O)n2C2CC2)ccc1F. The van der Waals surface area contributed by atoms with Gasteiger partial charge in [0.05, 0.1) is 6.04 Å². The first-order valence-electron chi connectivity index (χ1n) is 12.5. The fourth-order valence-electron chi connectivity index (χ4n) is 5.12. The lowest BCUT2D eigenvalue weighted by Gasteiger charge is -2.33. The largest absolute Gasteiger partial charge is 0.384 e. The highest BCUT2D eigenvalue weighted by Crippen LogP contribution is 2.36. The van der Waals surface area contributed by atoms with Crippen molar-refractivity contribution in [3.8, 4) is 5.82 Å². The molecule has 2 aliphatic rings. The number of hydrogen-bond acceptors (Lipinski definition) is 7. The van der Waals surface area contributed by atoms with Crippen LogP contribution in [0.2, 0.25) is 0 Å². The summed E-state index contributed by atoms with van der Waals surface area (Å²) in [4.78, 5) is 26.9. The van der Waals surface area contributed by atoms with Gasteiger partial charge in [-0.2, -0.15) is 4.98 Å². The van der Waals surface area contributed by atoms with Gasteiger partial charge in [0, 0.05) is 30.4 Å². The molecule has 0 bridgehead atoms. The molecular weight excluding hydrogens is 473 g/mol. The lowest BCUT2D eigenvalue weighted by atomic mass is 9.79. The van der Waals surface area contributed by atoms with Crippen LogP contribution in [-0.2, 0) is 17.6 Å². The monoisotopic (exact) mass is 503 g/mol. The summed E-state index contributed by atoms with van der Waals surface area (Å²) in [5, 5.41) is 17.5. The van der Waals surface area contributed by atoms with Gasteiger partial charge in [-0.15, -0.1) is 0 Å². The van der Waals surface area contributed by atoms with E-state index < -0.39 is 11.4 Å². The molecule has 6 rings (SSSR count). The van der Waals surface area contributed by atoms with E-state index in [0.717, 1.165) is 31.6 Å². The van der Waals surface area contributed by atoms with Crippen LogP contribution in [0.4, 0.5) is 16.0 Å². The van der Waals surface area contributed by atoms with Crippen LogP contribution in [0.25, 0.3) is 16.9 Å². The molecule has 0 spiro atoms.